The van der Waals surface area contributed by atoms with Crippen molar-refractivity contribution >= 4 is 11.9 Å². The van der Waals surface area contributed by atoms with Crippen LogP contribution in [0.2, 0.25) is 0 Å². The number of methoxy groups -OCH3 is 2. The number of aliphatic carboxylic acids is 1. The van der Waals surface area contributed by atoms with Crippen LogP contribution >= 0.6 is 0 Å². The molecule has 0 bridgehead atoms. The van der Waals surface area contributed by atoms with Gasteiger partial charge >= 0.3 is 5.97 Å². The fraction of sp³-hybridized carbons (Fsp3) is 0.467. The Morgan fingerprint density at radius 1 is 1.19 bits per heavy atom. The highest BCUT2D eigenvalue weighted by Crippen LogP contribution is 2.28. The predicted octanol–water partition coefficient (Wildman–Crippen LogP) is 1.47. The first-order valence-corrected chi connectivity index (χ1v) is 6.62. The van der Waals surface area contributed by atoms with Crippen molar-refractivity contribution in [3.63, 3.8) is 0 Å². The molecule has 0 aliphatic rings. The Morgan fingerprint density at radius 2 is 1.71 bits per heavy atom. The van der Waals surface area contributed by atoms with Crippen molar-refractivity contribution in [2.45, 2.75) is 26.3 Å². The molecule has 1 aromatic carbocycles. The van der Waals surface area contributed by atoms with Crippen LogP contribution < -0.4 is 14.8 Å². The zero-order chi connectivity index (χ0) is 16.0. The lowest BCUT2D eigenvalue weighted by Gasteiger charge is -2.19. The molecule has 1 aromatic rings. The maximum Gasteiger partial charge on any atom is 0.326 e. The summed E-state index contributed by atoms with van der Waals surface area (Å²) in [5.74, 6) is -0.586. The summed E-state index contributed by atoms with van der Waals surface area (Å²) in [6.07, 6.45) is -0.0102. The number of carboxylic acid groups (broad SMARTS) is 1. The second-order valence-electron chi connectivity index (χ2n) is 4.95. The van der Waals surface area contributed by atoms with Gasteiger partial charge in [-0.15, -0.1) is 0 Å². The maximum absolute atomic E-state index is 12.1. The van der Waals surface area contributed by atoms with Gasteiger partial charge in [-0.1, -0.05) is 19.9 Å². The minimum absolute atomic E-state index is 0.0102. The molecule has 0 spiro atoms. The van der Waals surface area contributed by atoms with Crippen LogP contribution in [0.3, 0.4) is 0 Å². The molecule has 2 N–H and O–H groups in total. The molecule has 0 unspecified atom stereocenters. The fourth-order valence-corrected chi connectivity index (χ4v) is 2.00. The molecule has 116 valence electrons. The van der Waals surface area contributed by atoms with E-state index in [2.05, 4.69) is 5.32 Å². The van der Waals surface area contributed by atoms with Crippen LogP contribution in [0.15, 0.2) is 18.2 Å². The van der Waals surface area contributed by atoms with Gasteiger partial charge in [0.1, 0.15) is 17.5 Å². The third-order valence-corrected chi connectivity index (χ3v) is 3.12. The van der Waals surface area contributed by atoms with Crippen LogP contribution in [0.5, 0.6) is 11.5 Å². The zero-order valence-electron chi connectivity index (χ0n) is 12.7. The third kappa shape index (κ3) is 4.37. The highest BCUT2D eigenvalue weighted by atomic mass is 16.5. The molecule has 1 rings (SSSR count). The Hall–Kier alpha value is -2.24. The number of carbonyl (C=O) groups excluding carboxylic acids is 1. The first kappa shape index (κ1) is 16.8. The summed E-state index contributed by atoms with van der Waals surface area (Å²) in [6, 6.07) is 4.29. The van der Waals surface area contributed by atoms with Crippen molar-refractivity contribution in [2.75, 3.05) is 14.2 Å². The lowest BCUT2D eigenvalue weighted by atomic mass is 10.0. The van der Waals surface area contributed by atoms with E-state index in [1.807, 2.05) is 0 Å². The van der Waals surface area contributed by atoms with Gasteiger partial charge in [0, 0.05) is 5.56 Å². The average Bonchev–Trinajstić information content (AvgIpc) is 2.44. The molecule has 0 aliphatic carbocycles. The normalized spacial score (nSPS) is 11.9. The van der Waals surface area contributed by atoms with E-state index in [0.717, 1.165) is 0 Å². The molecule has 0 radical (unpaired) electrons. The summed E-state index contributed by atoms with van der Waals surface area (Å²) < 4.78 is 10.4. The molecule has 0 fully saturated rings. The van der Waals surface area contributed by atoms with Crippen molar-refractivity contribution in [2.24, 2.45) is 5.92 Å². The van der Waals surface area contributed by atoms with Gasteiger partial charge in [-0.25, -0.2) is 4.79 Å². The minimum atomic E-state index is -1.05. The second kappa shape index (κ2) is 7.52. The van der Waals surface area contributed by atoms with Crippen molar-refractivity contribution in [1.29, 1.82) is 0 Å². The highest BCUT2D eigenvalue weighted by Gasteiger charge is 2.24. The number of ether oxygens (including phenoxy) is 2. The maximum atomic E-state index is 12.1. The molecule has 1 atom stereocenters. The number of amides is 1. The summed E-state index contributed by atoms with van der Waals surface area (Å²) in [5.41, 5.74) is 0.591. The number of carbonyl (C=O) groups is 2. The van der Waals surface area contributed by atoms with Gasteiger partial charge in [0.2, 0.25) is 5.91 Å². The predicted molar refractivity (Wildman–Crippen MR) is 77.7 cm³/mol. The lowest BCUT2D eigenvalue weighted by Crippen LogP contribution is -2.44. The van der Waals surface area contributed by atoms with E-state index in [1.54, 1.807) is 32.0 Å². The van der Waals surface area contributed by atoms with Crippen LogP contribution in [0.1, 0.15) is 19.4 Å². The Labute approximate surface area is 124 Å². The van der Waals surface area contributed by atoms with E-state index in [9.17, 15) is 9.59 Å². The Morgan fingerprint density at radius 3 is 2.10 bits per heavy atom. The molecule has 0 heterocycles. The Balaban J connectivity index is 2.90. The van der Waals surface area contributed by atoms with Gasteiger partial charge in [-0.05, 0) is 18.1 Å². The number of benzene rings is 1. The van der Waals surface area contributed by atoms with Crippen LogP contribution in [0, 0.1) is 5.92 Å². The molecule has 1 amide bonds. The number of hydrogen-bond donors (Lipinski definition) is 2. The van der Waals surface area contributed by atoms with E-state index in [-0.39, 0.29) is 18.2 Å². The molecule has 0 saturated carbocycles. The van der Waals surface area contributed by atoms with E-state index < -0.39 is 12.0 Å². The number of carboxylic acids is 1. The lowest BCUT2D eigenvalue weighted by molar-refractivity contribution is -0.143. The smallest absolute Gasteiger partial charge is 0.326 e. The first-order valence-electron chi connectivity index (χ1n) is 6.62. The SMILES string of the molecule is COc1cccc(OC)c1CC(=O)N[C@@H](C(=O)O)C(C)C. The van der Waals surface area contributed by atoms with Gasteiger partial charge < -0.3 is 19.9 Å². The van der Waals surface area contributed by atoms with E-state index in [0.29, 0.717) is 17.1 Å². The third-order valence-electron chi connectivity index (χ3n) is 3.12. The quantitative estimate of drug-likeness (QED) is 0.795. The topological polar surface area (TPSA) is 84.9 Å². The van der Waals surface area contributed by atoms with Crippen molar-refractivity contribution in [3.05, 3.63) is 23.8 Å². The minimum Gasteiger partial charge on any atom is -0.496 e. The zero-order valence-corrected chi connectivity index (χ0v) is 12.7. The van der Waals surface area contributed by atoms with Gasteiger partial charge in [0.05, 0.1) is 20.6 Å². The first-order chi connectivity index (χ1) is 9.90. The van der Waals surface area contributed by atoms with Crippen molar-refractivity contribution in [1.82, 2.24) is 5.32 Å². The van der Waals surface area contributed by atoms with Crippen LogP contribution in [0.4, 0.5) is 0 Å². The van der Waals surface area contributed by atoms with Gasteiger partial charge in [0.15, 0.2) is 0 Å². The molecular weight excluding hydrogens is 274 g/mol. The molecule has 6 nitrogen and oxygen atoms in total. The van der Waals surface area contributed by atoms with Crippen molar-refractivity contribution in [3.8, 4) is 11.5 Å². The highest BCUT2D eigenvalue weighted by molar-refractivity contribution is 5.85. The van der Waals surface area contributed by atoms with Gasteiger partial charge in [0.25, 0.3) is 0 Å². The summed E-state index contributed by atoms with van der Waals surface area (Å²) >= 11 is 0. The standard InChI is InChI=1S/C15H21NO5/c1-9(2)14(15(18)19)16-13(17)8-10-11(20-3)6-5-7-12(10)21-4/h5-7,9,14H,8H2,1-4H3,(H,16,17)(H,18,19)/t14-/m1/s1. The van der Waals surface area contributed by atoms with E-state index >= 15 is 0 Å². The Bertz CT molecular complexity index is 491. The Kier molecular flexibility index (Phi) is 6.02. The fourth-order valence-electron chi connectivity index (χ4n) is 2.00. The van der Waals surface area contributed by atoms with Gasteiger partial charge in [-0.3, -0.25) is 4.79 Å². The molecule has 0 aromatic heterocycles. The number of hydrogen-bond acceptors (Lipinski definition) is 4. The van der Waals surface area contributed by atoms with Gasteiger partial charge in [-0.2, -0.15) is 0 Å². The number of nitrogens with one attached hydrogen (secondary N) is 1. The molecule has 0 aliphatic heterocycles. The number of rotatable bonds is 7. The second-order valence-corrected chi connectivity index (χ2v) is 4.95. The summed E-state index contributed by atoms with van der Waals surface area (Å²) in [5, 5.41) is 11.6. The molecule has 21 heavy (non-hydrogen) atoms. The van der Waals surface area contributed by atoms with Crippen molar-refractivity contribution < 1.29 is 24.2 Å². The monoisotopic (exact) mass is 295 g/mol. The van der Waals surface area contributed by atoms with Crippen LogP contribution in [0.25, 0.3) is 0 Å². The van der Waals surface area contributed by atoms with E-state index in [4.69, 9.17) is 14.6 Å². The summed E-state index contributed by atoms with van der Waals surface area (Å²) in [6.45, 7) is 3.48. The largest absolute Gasteiger partial charge is 0.496 e. The molecule has 6 heteroatoms. The average molecular weight is 295 g/mol. The van der Waals surface area contributed by atoms with E-state index in [1.165, 1.54) is 14.2 Å². The van der Waals surface area contributed by atoms with Crippen LogP contribution in [-0.4, -0.2) is 37.2 Å². The summed E-state index contributed by atoms with van der Waals surface area (Å²) in [4.78, 5) is 23.2. The molecular formula is C15H21NO5. The molecule has 0 saturated heterocycles. The van der Waals surface area contributed by atoms with Crippen LogP contribution in [-0.2, 0) is 16.0 Å². The summed E-state index contributed by atoms with van der Waals surface area (Å²) in [7, 11) is 3.01.